The highest BCUT2D eigenvalue weighted by Gasteiger charge is 2.12. The summed E-state index contributed by atoms with van der Waals surface area (Å²) in [5.41, 5.74) is 1.31. The maximum atomic E-state index is 4.09. The predicted octanol–water partition coefficient (Wildman–Crippen LogP) is 4.19. The minimum Gasteiger partial charge on any atom is -0.310 e. The molecule has 0 fully saturated rings. The van der Waals surface area contributed by atoms with Gasteiger partial charge in [0.2, 0.25) is 0 Å². The molecule has 1 unspecified atom stereocenters. The molecule has 0 spiro atoms. The van der Waals surface area contributed by atoms with Crippen LogP contribution in [0.25, 0.3) is 0 Å². The SMILES string of the molecule is CCCNC(Cc1ccc(Br)s1)c1ccncc1. The first-order valence-electron chi connectivity index (χ1n) is 6.17. The van der Waals surface area contributed by atoms with Gasteiger partial charge < -0.3 is 5.32 Å². The van der Waals surface area contributed by atoms with Crippen LogP contribution in [0.5, 0.6) is 0 Å². The first kappa shape index (κ1) is 13.7. The fourth-order valence-electron chi connectivity index (χ4n) is 1.88. The molecule has 0 aliphatic rings. The molecule has 2 rings (SSSR count). The maximum absolute atomic E-state index is 4.09. The van der Waals surface area contributed by atoms with Crippen molar-refractivity contribution in [3.63, 3.8) is 0 Å². The van der Waals surface area contributed by atoms with E-state index in [9.17, 15) is 0 Å². The Morgan fingerprint density at radius 2 is 2.06 bits per heavy atom. The van der Waals surface area contributed by atoms with Crippen LogP contribution in [0.1, 0.15) is 29.8 Å². The van der Waals surface area contributed by atoms with Crippen molar-refractivity contribution < 1.29 is 0 Å². The highest BCUT2D eigenvalue weighted by atomic mass is 79.9. The van der Waals surface area contributed by atoms with Crippen LogP contribution in [-0.4, -0.2) is 11.5 Å². The Labute approximate surface area is 121 Å². The lowest BCUT2D eigenvalue weighted by atomic mass is 10.0. The number of nitrogens with one attached hydrogen (secondary N) is 1. The standard InChI is InChI=1S/C14H17BrN2S/c1-2-7-17-13(11-5-8-16-9-6-11)10-12-3-4-14(15)18-12/h3-6,8-9,13,17H,2,7,10H2,1H3. The molecule has 2 nitrogen and oxygen atoms in total. The van der Waals surface area contributed by atoms with E-state index in [1.54, 1.807) is 11.3 Å². The van der Waals surface area contributed by atoms with Gasteiger partial charge >= 0.3 is 0 Å². The van der Waals surface area contributed by atoms with E-state index in [0.29, 0.717) is 6.04 Å². The molecule has 0 aromatic carbocycles. The summed E-state index contributed by atoms with van der Waals surface area (Å²) in [6.07, 6.45) is 5.90. The minimum absolute atomic E-state index is 0.374. The topological polar surface area (TPSA) is 24.9 Å². The van der Waals surface area contributed by atoms with Gasteiger partial charge in [-0.1, -0.05) is 6.92 Å². The number of nitrogens with zero attached hydrogens (tertiary/aromatic N) is 1. The number of halogens is 1. The molecule has 96 valence electrons. The minimum atomic E-state index is 0.374. The van der Waals surface area contributed by atoms with E-state index in [2.05, 4.69) is 57.4 Å². The number of pyridine rings is 1. The molecule has 2 aromatic heterocycles. The van der Waals surface area contributed by atoms with E-state index < -0.39 is 0 Å². The molecule has 1 N–H and O–H groups in total. The van der Waals surface area contributed by atoms with Crippen molar-refractivity contribution >= 4 is 27.3 Å². The molecular formula is C14H17BrN2S. The van der Waals surface area contributed by atoms with Gasteiger partial charge in [0, 0.05) is 29.7 Å². The van der Waals surface area contributed by atoms with Crippen LogP contribution < -0.4 is 5.32 Å². The smallest absolute Gasteiger partial charge is 0.0701 e. The Kier molecular flexibility index (Phi) is 5.35. The third kappa shape index (κ3) is 3.90. The lowest BCUT2D eigenvalue weighted by Crippen LogP contribution is -2.23. The van der Waals surface area contributed by atoms with Crippen LogP contribution >= 0.6 is 27.3 Å². The van der Waals surface area contributed by atoms with Crippen LogP contribution in [0.4, 0.5) is 0 Å². The van der Waals surface area contributed by atoms with Gasteiger partial charge in [-0.15, -0.1) is 11.3 Å². The maximum Gasteiger partial charge on any atom is 0.0701 e. The Morgan fingerprint density at radius 3 is 2.67 bits per heavy atom. The van der Waals surface area contributed by atoms with E-state index in [4.69, 9.17) is 0 Å². The lowest BCUT2D eigenvalue weighted by molar-refractivity contribution is 0.532. The summed E-state index contributed by atoms with van der Waals surface area (Å²) in [4.78, 5) is 5.48. The highest BCUT2D eigenvalue weighted by molar-refractivity contribution is 9.11. The molecule has 0 aliphatic carbocycles. The summed E-state index contributed by atoms with van der Waals surface area (Å²) in [5, 5.41) is 3.61. The van der Waals surface area contributed by atoms with Crippen LogP contribution in [0, 0.1) is 0 Å². The van der Waals surface area contributed by atoms with Gasteiger partial charge in [0.25, 0.3) is 0 Å². The number of thiophene rings is 1. The molecule has 0 saturated heterocycles. The Balaban J connectivity index is 2.10. The largest absolute Gasteiger partial charge is 0.310 e. The molecule has 2 heterocycles. The number of aromatic nitrogens is 1. The molecular weight excluding hydrogens is 308 g/mol. The molecule has 0 aliphatic heterocycles. The van der Waals surface area contributed by atoms with Crippen molar-refractivity contribution in [2.75, 3.05) is 6.54 Å². The lowest BCUT2D eigenvalue weighted by Gasteiger charge is -2.18. The highest BCUT2D eigenvalue weighted by Crippen LogP contribution is 2.26. The molecule has 0 radical (unpaired) electrons. The van der Waals surface area contributed by atoms with Gasteiger partial charge in [0.05, 0.1) is 3.79 Å². The van der Waals surface area contributed by atoms with Gasteiger partial charge in [0.15, 0.2) is 0 Å². The summed E-state index contributed by atoms with van der Waals surface area (Å²) in [6.45, 7) is 3.23. The second-order valence-corrected chi connectivity index (χ2v) is 6.74. The molecule has 0 bridgehead atoms. The molecule has 4 heteroatoms. The summed E-state index contributed by atoms with van der Waals surface area (Å²) < 4.78 is 1.20. The zero-order valence-corrected chi connectivity index (χ0v) is 12.8. The predicted molar refractivity (Wildman–Crippen MR) is 81.0 cm³/mol. The van der Waals surface area contributed by atoms with Gasteiger partial charge in [0.1, 0.15) is 0 Å². The van der Waals surface area contributed by atoms with Crippen LogP contribution in [0.2, 0.25) is 0 Å². The van der Waals surface area contributed by atoms with Crippen LogP contribution in [0.3, 0.4) is 0 Å². The Bertz CT molecular complexity index is 470. The van der Waals surface area contributed by atoms with Crippen molar-refractivity contribution in [2.24, 2.45) is 0 Å². The Morgan fingerprint density at radius 1 is 1.28 bits per heavy atom. The normalized spacial score (nSPS) is 12.6. The van der Waals surface area contributed by atoms with E-state index in [1.165, 1.54) is 14.2 Å². The van der Waals surface area contributed by atoms with E-state index >= 15 is 0 Å². The van der Waals surface area contributed by atoms with Crippen molar-refractivity contribution in [2.45, 2.75) is 25.8 Å². The summed E-state index contributed by atoms with van der Waals surface area (Å²) >= 11 is 5.32. The third-order valence-corrected chi connectivity index (χ3v) is 4.43. The second-order valence-electron chi connectivity index (χ2n) is 4.20. The van der Waals surface area contributed by atoms with E-state index in [-0.39, 0.29) is 0 Å². The first-order chi connectivity index (χ1) is 8.79. The molecule has 0 saturated carbocycles. The van der Waals surface area contributed by atoms with Crippen LogP contribution in [-0.2, 0) is 6.42 Å². The quantitative estimate of drug-likeness (QED) is 0.861. The molecule has 2 aromatic rings. The summed E-state index contributed by atoms with van der Waals surface area (Å²) in [5.74, 6) is 0. The number of hydrogen-bond acceptors (Lipinski definition) is 3. The molecule has 18 heavy (non-hydrogen) atoms. The van der Waals surface area contributed by atoms with Crippen LogP contribution in [0.15, 0.2) is 40.4 Å². The summed E-state index contributed by atoms with van der Waals surface area (Å²) in [7, 11) is 0. The Hall–Kier alpha value is -0.710. The molecule has 0 amide bonds. The van der Waals surface area contributed by atoms with Crippen molar-refractivity contribution in [3.8, 4) is 0 Å². The molecule has 1 atom stereocenters. The fourth-order valence-corrected chi connectivity index (χ4v) is 3.41. The number of hydrogen-bond donors (Lipinski definition) is 1. The average Bonchev–Trinajstić information content (AvgIpc) is 2.81. The third-order valence-electron chi connectivity index (χ3n) is 2.78. The summed E-state index contributed by atoms with van der Waals surface area (Å²) in [6, 6.07) is 8.87. The zero-order chi connectivity index (χ0) is 12.8. The van der Waals surface area contributed by atoms with Crippen molar-refractivity contribution in [3.05, 3.63) is 50.9 Å². The second kappa shape index (κ2) is 7.02. The van der Waals surface area contributed by atoms with Gasteiger partial charge in [-0.2, -0.15) is 0 Å². The van der Waals surface area contributed by atoms with E-state index in [0.717, 1.165) is 19.4 Å². The first-order valence-corrected chi connectivity index (χ1v) is 7.78. The monoisotopic (exact) mass is 324 g/mol. The van der Waals surface area contributed by atoms with Crippen molar-refractivity contribution in [1.82, 2.24) is 10.3 Å². The fraction of sp³-hybridized carbons (Fsp3) is 0.357. The zero-order valence-electron chi connectivity index (χ0n) is 10.4. The van der Waals surface area contributed by atoms with Gasteiger partial charge in [-0.3, -0.25) is 4.98 Å². The van der Waals surface area contributed by atoms with E-state index in [1.807, 2.05) is 12.4 Å². The number of rotatable bonds is 6. The van der Waals surface area contributed by atoms with Gasteiger partial charge in [-0.25, -0.2) is 0 Å². The van der Waals surface area contributed by atoms with Crippen molar-refractivity contribution in [1.29, 1.82) is 0 Å². The average molecular weight is 325 g/mol. The van der Waals surface area contributed by atoms with Gasteiger partial charge in [-0.05, 0) is 58.7 Å².